The molecule has 3 aliphatic rings. The highest BCUT2D eigenvalue weighted by molar-refractivity contribution is 7.89. The predicted octanol–water partition coefficient (Wildman–Crippen LogP) is 1.44. The molecule has 0 unspecified atom stereocenters. The summed E-state index contributed by atoms with van der Waals surface area (Å²) in [6, 6.07) is 12.7. The van der Waals surface area contributed by atoms with E-state index in [2.05, 4.69) is 4.90 Å². The van der Waals surface area contributed by atoms with Gasteiger partial charge in [-0.25, -0.2) is 12.7 Å². The van der Waals surface area contributed by atoms with Gasteiger partial charge in [0.05, 0.1) is 4.90 Å². The fourth-order valence-corrected chi connectivity index (χ4v) is 6.15. The van der Waals surface area contributed by atoms with E-state index in [1.807, 2.05) is 18.2 Å². The molecule has 0 spiro atoms. The Bertz CT molecular complexity index is 1160. The lowest BCUT2D eigenvalue weighted by atomic mass is 10.1. The number of hydrogen-bond acceptors (Lipinski definition) is 7. The van der Waals surface area contributed by atoms with Crippen LogP contribution in [0.1, 0.15) is 18.4 Å². The lowest BCUT2D eigenvalue weighted by Crippen LogP contribution is -2.54. The topological polar surface area (TPSA) is 96.5 Å². The van der Waals surface area contributed by atoms with Crippen LogP contribution in [0.5, 0.6) is 11.5 Å². The number of fused-ring (bicyclic) bond motifs is 1. The molecule has 2 aromatic rings. The van der Waals surface area contributed by atoms with E-state index in [1.165, 1.54) is 12.1 Å². The zero-order chi connectivity index (χ0) is 23.0. The quantitative estimate of drug-likeness (QED) is 0.651. The summed E-state index contributed by atoms with van der Waals surface area (Å²) in [5, 5.41) is 0. The zero-order valence-corrected chi connectivity index (χ0v) is 18.9. The molecule has 0 aliphatic carbocycles. The first kappa shape index (κ1) is 21.7. The van der Waals surface area contributed by atoms with Crippen molar-refractivity contribution in [3.8, 4) is 11.5 Å². The summed E-state index contributed by atoms with van der Waals surface area (Å²) < 4.78 is 37.8. The Morgan fingerprint density at radius 1 is 0.970 bits per heavy atom. The molecular weight excluding hydrogens is 446 g/mol. The highest BCUT2D eigenvalue weighted by Crippen LogP contribution is 2.33. The summed E-state index contributed by atoms with van der Waals surface area (Å²) in [6.45, 7) is 3.23. The lowest BCUT2D eigenvalue weighted by Gasteiger charge is -2.37. The summed E-state index contributed by atoms with van der Waals surface area (Å²) in [4.78, 5) is 29.7. The molecule has 1 atom stereocenters. The molecule has 2 saturated heterocycles. The maximum absolute atomic E-state index is 13.2. The summed E-state index contributed by atoms with van der Waals surface area (Å²) in [6.07, 6.45) is 0.258. The Morgan fingerprint density at radius 2 is 1.70 bits per heavy atom. The van der Waals surface area contributed by atoms with Gasteiger partial charge in [-0.05, 0) is 36.2 Å². The molecule has 0 aromatic heterocycles. The second kappa shape index (κ2) is 8.68. The van der Waals surface area contributed by atoms with Gasteiger partial charge in [0.25, 0.3) is 10.0 Å². The van der Waals surface area contributed by atoms with Gasteiger partial charge in [-0.1, -0.05) is 24.3 Å². The van der Waals surface area contributed by atoms with Crippen molar-refractivity contribution in [1.29, 1.82) is 0 Å². The number of piperazine rings is 1. The van der Waals surface area contributed by atoms with Gasteiger partial charge in [0, 0.05) is 39.1 Å². The normalized spacial score (nSPS) is 21.0. The van der Waals surface area contributed by atoms with Crippen LogP contribution in [0.3, 0.4) is 0 Å². The average molecular weight is 472 g/mol. The van der Waals surface area contributed by atoms with Crippen molar-refractivity contribution in [2.45, 2.75) is 30.3 Å². The molecule has 0 radical (unpaired) electrons. The third-order valence-corrected chi connectivity index (χ3v) is 8.12. The van der Waals surface area contributed by atoms with Crippen LogP contribution in [0.4, 0.5) is 0 Å². The van der Waals surface area contributed by atoms with Gasteiger partial charge in [-0.15, -0.1) is 0 Å². The molecule has 33 heavy (non-hydrogen) atoms. The maximum Gasteiger partial charge on any atom is 0.267 e. The number of benzene rings is 2. The van der Waals surface area contributed by atoms with Gasteiger partial charge in [-0.2, -0.15) is 0 Å². The molecule has 5 rings (SSSR count). The molecule has 9 nitrogen and oxygen atoms in total. The van der Waals surface area contributed by atoms with Crippen molar-refractivity contribution < 1.29 is 27.5 Å². The van der Waals surface area contributed by atoms with Crippen LogP contribution in [0.2, 0.25) is 0 Å². The van der Waals surface area contributed by atoms with E-state index in [1.54, 1.807) is 23.1 Å². The zero-order valence-electron chi connectivity index (χ0n) is 18.1. The number of hydrogen-bond donors (Lipinski definition) is 0. The highest BCUT2D eigenvalue weighted by atomic mass is 32.2. The number of ether oxygens (including phenoxy) is 2. The summed E-state index contributed by atoms with van der Waals surface area (Å²) >= 11 is 0. The number of nitrogens with zero attached hydrogens (tertiary/aromatic N) is 3. The van der Waals surface area contributed by atoms with E-state index in [0.29, 0.717) is 26.2 Å². The van der Waals surface area contributed by atoms with Crippen LogP contribution in [0.25, 0.3) is 0 Å². The molecule has 174 valence electrons. The number of rotatable bonds is 5. The van der Waals surface area contributed by atoms with Gasteiger partial charge >= 0.3 is 0 Å². The summed E-state index contributed by atoms with van der Waals surface area (Å²) in [7, 11) is -4.07. The Labute approximate surface area is 192 Å². The van der Waals surface area contributed by atoms with Gasteiger partial charge in [0.15, 0.2) is 11.5 Å². The average Bonchev–Trinajstić information content (AvgIpc) is 3.46. The molecule has 0 N–H and O–H groups in total. The van der Waals surface area contributed by atoms with Crippen molar-refractivity contribution in [1.82, 2.24) is 14.1 Å². The van der Waals surface area contributed by atoms with Crippen molar-refractivity contribution in [2.75, 3.05) is 33.0 Å². The number of carbonyl (C=O) groups excluding carboxylic acids is 2. The van der Waals surface area contributed by atoms with Crippen LogP contribution in [-0.2, 0) is 26.2 Å². The molecule has 2 aromatic carbocycles. The Kier molecular flexibility index (Phi) is 5.71. The van der Waals surface area contributed by atoms with Crippen LogP contribution < -0.4 is 9.47 Å². The van der Waals surface area contributed by atoms with E-state index in [-0.39, 0.29) is 30.4 Å². The van der Waals surface area contributed by atoms with E-state index < -0.39 is 22.0 Å². The highest BCUT2D eigenvalue weighted by Gasteiger charge is 2.45. The molecule has 3 aliphatic heterocycles. The third kappa shape index (κ3) is 4.16. The molecular formula is C23H25N3O6S. The fourth-order valence-electron chi connectivity index (χ4n) is 4.53. The van der Waals surface area contributed by atoms with Crippen LogP contribution in [-0.4, -0.2) is 73.4 Å². The van der Waals surface area contributed by atoms with E-state index >= 15 is 0 Å². The van der Waals surface area contributed by atoms with E-state index in [4.69, 9.17) is 9.47 Å². The largest absolute Gasteiger partial charge is 0.454 e. The second-order valence-electron chi connectivity index (χ2n) is 8.35. The first-order valence-corrected chi connectivity index (χ1v) is 12.4. The molecule has 2 fully saturated rings. The lowest BCUT2D eigenvalue weighted by molar-refractivity contribution is -0.139. The maximum atomic E-state index is 13.2. The number of sulfonamides is 1. The minimum atomic E-state index is -4.07. The van der Waals surface area contributed by atoms with Crippen molar-refractivity contribution in [3.63, 3.8) is 0 Å². The summed E-state index contributed by atoms with van der Waals surface area (Å²) in [5.74, 6) is 0.656. The third-order valence-electron chi connectivity index (χ3n) is 6.27. The number of amides is 2. The van der Waals surface area contributed by atoms with Crippen LogP contribution in [0, 0.1) is 0 Å². The predicted molar refractivity (Wildman–Crippen MR) is 118 cm³/mol. The van der Waals surface area contributed by atoms with Gasteiger partial charge in [-0.3, -0.25) is 14.5 Å². The van der Waals surface area contributed by atoms with Crippen LogP contribution in [0.15, 0.2) is 53.4 Å². The van der Waals surface area contributed by atoms with Crippen molar-refractivity contribution in [2.24, 2.45) is 0 Å². The van der Waals surface area contributed by atoms with Gasteiger partial charge in [0.1, 0.15) is 6.04 Å². The summed E-state index contributed by atoms with van der Waals surface area (Å²) in [5.41, 5.74) is 1.10. The Balaban J connectivity index is 1.23. The van der Waals surface area contributed by atoms with Crippen LogP contribution >= 0.6 is 0 Å². The second-order valence-corrected chi connectivity index (χ2v) is 10.2. The van der Waals surface area contributed by atoms with Crippen molar-refractivity contribution >= 4 is 21.8 Å². The molecule has 3 heterocycles. The monoisotopic (exact) mass is 471 g/mol. The smallest absolute Gasteiger partial charge is 0.267 e. The number of carbonyl (C=O) groups is 2. The minimum Gasteiger partial charge on any atom is -0.454 e. The Hall–Kier alpha value is -3.11. The molecule has 0 saturated carbocycles. The Morgan fingerprint density at radius 3 is 2.45 bits per heavy atom. The standard InChI is InChI=1S/C23H25N3O6S/c27-22-9-7-19(26(22)33(29,30)18-4-2-1-3-5-18)23(28)25-12-10-24(11-13-25)15-17-6-8-20-21(14-17)32-16-31-20/h1-6,8,14,19H,7,9-13,15-16H2/t19-/m1/s1. The van der Waals surface area contributed by atoms with Gasteiger partial charge < -0.3 is 14.4 Å². The fraction of sp³-hybridized carbons (Fsp3) is 0.391. The first-order chi connectivity index (χ1) is 15.9. The van der Waals surface area contributed by atoms with Gasteiger partial charge in [0.2, 0.25) is 18.6 Å². The SMILES string of the molecule is O=C([C@H]1CCC(=O)N1S(=O)(=O)c1ccccc1)N1CCN(Cc2ccc3c(c2)OCO3)CC1. The van der Waals surface area contributed by atoms with E-state index in [9.17, 15) is 18.0 Å². The van der Waals surface area contributed by atoms with Crippen molar-refractivity contribution in [3.05, 3.63) is 54.1 Å². The molecule has 10 heteroatoms. The minimum absolute atomic E-state index is 0.0200. The first-order valence-electron chi connectivity index (χ1n) is 11.0. The van der Waals surface area contributed by atoms with E-state index in [0.717, 1.165) is 27.9 Å². The molecule has 2 amide bonds. The molecule has 0 bridgehead atoms.